The fourth-order valence-corrected chi connectivity index (χ4v) is 11.8. The average molecular weight is 1030 g/mol. The highest BCUT2D eigenvalue weighted by molar-refractivity contribution is 8.54. The maximum atomic E-state index is 14.8. The largest absolute Gasteiger partial charge is 0.494 e. The molecule has 7 rings (SSSR count). The van der Waals surface area contributed by atoms with Gasteiger partial charge in [-0.2, -0.15) is 0 Å². The Balaban J connectivity index is 0.948. The molecule has 2 saturated heterocycles. The van der Waals surface area contributed by atoms with Gasteiger partial charge in [-0.15, -0.1) is 0 Å². The number of H-pyrrole nitrogens is 1. The average Bonchev–Trinajstić information content (AvgIpc) is 4.10. The highest BCUT2D eigenvalue weighted by Gasteiger charge is 2.44. The summed E-state index contributed by atoms with van der Waals surface area (Å²) in [5, 5.41) is 0. The summed E-state index contributed by atoms with van der Waals surface area (Å²) in [5.74, 6) is 0.663. The number of phosphoric acid groups is 1. The fraction of sp³-hybridized carbons (Fsp3) is 0.511. The number of rotatable bonds is 28. The molecule has 1 unspecified atom stereocenters. The van der Waals surface area contributed by atoms with Crippen molar-refractivity contribution in [3.63, 3.8) is 0 Å². The summed E-state index contributed by atoms with van der Waals surface area (Å²) < 4.78 is 70.2. The van der Waals surface area contributed by atoms with Crippen LogP contribution in [-0.4, -0.2) is 89.5 Å². The molecule has 0 amide bonds. The van der Waals surface area contributed by atoms with E-state index in [1.54, 1.807) is 59.4 Å². The summed E-state index contributed by atoms with van der Waals surface area (Å²) >= 11 is 0.830. The van der Waals surface area contributed by atoms with E-state index in [0.717, 1.165) is 47.8 Å². The molecule has 70 heavy (non-hydrogen) atoms. The molecule has 22 nitrogen and oxygen atoms in total. The molecule has 2 aliphatic heterocycles. The van der Waals surface area contributed by atoms with E-state index in [0.29, 0.717) is 47.5 Å². The lowest BCUT2D eigenvalue weighted by atomic mass is 10.1. The van der Waals surface area contributed by atoms with Crippen molar-refractivity contribution >= 4 is 49.0 Å². The molecule has 380 valence electrons. The van der Waals surface area contributed by atoms with Gasteiger partial charge in [0.25, 0.3) is 5.56 Å². The highest BCUT2D eigenvalue weighted by Crippen LogP contribution is 2.64. The van der Waals surface area contributed by atoms with Crippen LogP contribution in [0.3, 0.4) is 0 Å². The number of hydrogen-bond donors (Lipinski definition) is 5. The molecular formula is C45H60N8O14P2S. The van der Waals surface area contributed by atoms with Crippen molar-refractivity contribution in [3.8, 4) is 11.5 Å². The summed E-state index contributed by atoms with van der Waals surface area (Å²) in [4.78, 5) is 71.2. The summed E-state index contributed by atoms with van der Waals surface area (Å²) in [7, 11) is -5.01. The number of anilines is 1. The number of nitrogens with one attached hydrogen (secondary N) is 1. The number of nitrogens with zero attached hydrogens (tertiary/aromatic N) is 5. The standard InChI is InChI=1S/C45H60N8O14P2S/c46-22-9-7-5-3-1-2-4-6-8-10-24-61-33-17-13-32(14-18-33)44(55)65-34-15-11-31(12-16-34)28-70-69(60,63-26-35-19-20-39(64-35)53-30-50-41-42(47)48-29-49-43(41)53)67-36-25-40(52-23-21-38(54)51-45(52)56)66-37(36)27-62-68(57,58)59/h11-18,21,23,29-30,35-37,39-40H,1-10,19-20,22,24-28,46H2,(H2,47,48,49)(H,51,54,56)(H2,57,58,59)/t35-,36-,37+,39+,40+,69?/m0/s1. The molecule has 2 fully saturated rings. The number of unbranched alkanes of at least 4 members (excludes halogenated alkanes) is 9. The third-order valence-electron chi connectivity index (χ3n) is 11.7. The topological polar surface area (TPSA) is 307 Å². The second-order valence-electron chi connectivity index (χ2n) is 16.9. The van der Waals surface area contributed by atoms with Crippen LogP contribution in [0.4, 0.5) is 5.82 Å². The van der Waals surface area contributed by atoms with E-state index in [1.165, 1.54) is 57.5 Å². The molecule has 0 spiro atoms. The van der Waals surface area contributed by atoms with Crippen LogP contribution in [0, 0.1) is 0 Å². The summed E-state index contributed by atoms with van der Waals surface area (Å²) in [5.41, 5.74) is 12.0. The predicted molar refractivity (Wildman–Crippen MR) is 259 cm³/mol. The Hall–Kier alpha value is -4.77. The summed E-state index contributed by atoms with van der Waals surface area (Å²) in [6.07, 6.45) is 12.2. The molecule has 25 heteroatoms. The maximum absolute atomic E-state index is 14.8. The number of aromatic amines is 1. The van der Waals surface area contributed by atoms with Crippen LogP contribution in [-0.2, 0) is 37.9 Å². The zero-order valence-corrected chi connectivity index (χ0v) is 41.1. The number of phosphoric ester groups is 1. The lowest BCUT2D eigenvalue weighted by Crippen LogP contribution is -2.31. The number of nitrogens with two attached hydrogens (primary N) is 2. The summed E-state index contributed by atoms with van der Waals surface area (Å²) in [6, 6.07) is 14.4. The van der Waals surface area contributed by atoms with Gasteiger partial charge < -0.3 is 40.2 Å². The molecule has 2 aromatic carbocycles. The Morgan fingerprint density at radius 2 is 1.51 bits per heavy atom. The first kappa shape index (κ1) is 53.0. The van der Waals surface area contributed by atoms with Crippen LogP contribution in [0.5, 0.6) is 11.5 Å². The molecule has 2 aliphatic rings. The second kappa shape index (κ2) is 25.6. The lowest BCUT2D eigenvalue weighted by molar-refractivity contribution is -0.0445. The van der Waals surface area contributed by atoms with Crippen LogP contribution in [0.15, 0.2) is 83.0 Å². The molecule has 5 heterocycles. The van der Waals surface area contributed by atoms with Crippen molar-refractivity contribution in [1.29, 1.82) is 0 Å². The molecule has 0 bridgehead atoms. The fourth-order valence-electron chi connectivity index (χ4n) is 8.00. The molecule has 0 aliphatic carbocycles. The molecule has 0 radical (unpaired) electrons. The number of nitrogen functional groups attached to an aromatic ring is 1. The van der Waals surface area contributed by atoms with E-state index in [9.17, 15) is 33.3 Å². The van der Waals surface area contributed by atoms with Gasteiger partial charge in [-0.05, 0) is 85.6 Å². The smallest absolute Gasteiger partial charge is 0.469 e. The van der Waals surface area contributed by atoms with Crippen molar-refractivity contribution in [2.45, 2.75) is 120 Å². The van der Waals surface area contributed by atoms with Crippen molar-refractivity contribution in [3.05, 3.63) is 105 Å². The Morgan fingerprint density at radius 3 is 2.21 bits per heavy atom. The Kier molecular flexibility index (Phi) is 19.4. The zero-order valence-electron chi connectivity index (χ0n) is 38.5. The zero-order chi connectivity index (χ0) is 49.5. The van der Waals surface area contributed by atoms with Gasteiger partial charge in [0.2, 0.25) is 0 Å². The second-order valence-corrected chi connectivity index (χ2v) is 22.2. The number of imidazole rings is 1. The maximum Gasteiger partial charge on any atom is 0.469 e. The number of aromatic nitrogens is 6. The Bertz CT molecular complexity index is 2690. The number of benzene rings is 2. The van der Waals surface area contributed by atoms with Crippen LogP contribution >= 0.6 is 26.0 Å². The van der Waals surface area contributed by atoms with Gasteiger partial charge in [-0.25, -0.2) is 33.7 Å². The van der Waals surface area contributed by atoms with E-state index in [2.05, 4.69) is 19.9 Å². The third-order valence-corrected chi connectivity index (χ3v) is 15.9. The van der Waals surface area contributed by atoms with Gasteiger partial charge in [-0.1, -0.05) is 63.5 Å². The van der Waals surface area contributed by atoms with Gasteiger partial charge >= 0.3 is 26.3 Å². The number of esters is 1. The molecule has 5 aromatic rings. The molecular weight excluding hydrogens is 971 g/mol. The van der Waals surface area contributed by atoms with Crippen LogP contribution < -0.4 is 32.2 Å². The number of ether oxygens (including phenoxy) is 4. The van der Waals surface area contributed by atoms with Gasteiger partial charge in [0.05, 0.1) is 37.8 Å². The van der Waals surface area contributed by atoms with E-state index < -0.39 is 69.2 Å². The van der Waals surface area contributed by atoms with E-state index >= 15 is 0 Å². The molecule has 7 N–H and O–H groups in total. The Labute approximate surface area is 407 Å². The Morgan fingerprint density at radius 1 is 0.814 bits per heavy atom. The minimum Gasteiger partial charge on any atom is -0.494 e. The number of hydrogen-bond acceptors (Lipinski definition) is 18. The van der Waals surface area contributed by atoms with Crippen molar-refractivity contribution < 1.29 is 56.2 Å². The van der Waals surface area contributed by atoms with Crippen molar-refractivity contribution in [2.75, 3.05) is 32.1 Å². The highest BCUT2D eigenvalue weighted by atomic mass is 32.7. The van der Waals surface area contributed by atoms with Gasteiger partial charge in [-0.3, -0.25) is 32.5 Å². The first-order valence-electron chi connectivity index (χ1n) is 23.3. The minimum absolute atomic E-state index is 0.0687. The first-order valence-corrected chi connectivity index (χ1v) is 28.0. The minimum atomic E-state index is -5.01. The van der Waals surface area contributed by atoms with Crippen molar-refractivity contribution in [2.24, 2.45) is 5.73 Å². The SMILES string of the molecule is NCCCCCCCCCCCCOc1ccc(C(=O)Oc2ccc(CSP(=O)(OC[C@@H]3CC[C@H](n4cnc5c(N)ncnc54)O3)O[C@H]3C[C@H](n4ccc(=O)[nH]c4=O)O[C@@H]3COP(=O)(O)O)cc2)cc1. The number of fused-ring (bicyclic) bond motifs is 1. The number of carbonyl (C=O) groups excluding carboxylic acids is 1. The summed E-state index contributed by atoms with van der Waals surface area (Å²) in [6.45, 7) is -3.77. The van der Waals surface area contributed by atoms with Crippen LogP contribution in [0.1, 0.15) is 112 Å². The van der Waals surface area contributed by atoms with Crippen molar-refractivity contribution in [1.82, 2.24) is 29.1 Å². The normalized spacial score (nSPS) is 20.2. The van der Waals surface area contributed by atoms with Crippen LogP contribution in [0.2, 0.25) is 0 Å². The van der Waals surface area contributed by atoms with Gasteiger partial charge in [0.15, 0.2) is 11.5 Å². The molecule has 6 atom stereocenters. The predicted octanol–water partition coefficient (Wildman–Crippen LogP) is 6.93. The quantitative estimate of drug-likeness (QED) is 0.0147. The van der Waals surface area contributed by atoms with Gasteiger partial charge in [0, 0.05) is 24.4 Å². The first-order chi connectivity index (χ1) is 33.8. The van der Waals surface area contributed by atoms with Crippen LogP contribution in [0.25, 0.3) is 11.2 Å². The van der Waals surface area contributed by atoms with E-state index in [1.807, 2.05) is 0 Å². The van der Waals surface area contributed by atoms with Gasteiger partial charge in [0.1, 0.15) is 48.0 Å². The van der Waals surface area contributed by atoms with E-state index in [4.69, 9.17) is 44.0 Å². The third kappa shape index (κ3) is 15.6. The molecule has 0 saturated carbocycles. The number of carbonyl (C=O) groups is 1. The lowest BCUT2D eigenvalue weighted by Gasteiger charge is -2.25. The monoisotopic (exact) mass is 1030 g/mol. The van der Waals surface area contributed by atoms with E-state index in [-0.39, 0.29) is 30.3 Å². The molecule has 3 aromatic heterocycles.